The maximum Gasteiger partial charge on any atom is 0.213 e. The topological polar surface area (TPSA) is 38.9 Å². The Kier molecular flexibility index (Phi) is 2.55. The van der Waals surface area contributed by atoms with Gasteiger partial charge in [0, 0.05) is 12.2 Å². The summed E-state index contributed by atoms with van der Waals surface area (Å²) < 4.78 is 12.5. The predicted octanol–water partition coefficient (Wildman–Crippen LogP) is 1.71. The van der Waals surface area contributed by atoms with Gasteiger partial charge in [0.25, 0.3) is 0 Å². The zero-order valence-electron chi connectivity index (χ0n) is 6.92. The molecule has 0 saturated carbocycles. The molecule has 1 aromatic rings. The summed E-state index contributed by atoms with van der Waals surface area (Å²) in [4.78, 5) is 3.51. The fourth-order valence-electron chi connectivity index (χ4n) is 1.01. The minimum absolute atomic E-state index is 0.266. The van der Waals surface area contributed by atoms with Crippen molar-refractivity contribution in [3.63, 3.8) is 0 Å². The van der Waals surface area contributed by atoms with Crippen LogP contribution in [-0.4, -0.2) is 4.98 Å². The quantitative estimate of drug-likeness (QED) is 0.536. The number of aryl methyl sites for hydroxylation is 1. The lowest BCUT2D eigenvalue weighted by atomic mass is 10.1. The van der Waals surface area contributed by atoms with Crippen LogP contribution in [0.25, 0.3) is 0 Å². The van der Waals surface area contributed by atoms with E-state index in [-0.39, 0.29) is 6.04 Å². The number of nitrogens with zero attached hydrogens (tertiary/aromatic N) is 1. The van der Waals surface area contributed by atoms with Crippen LogP contribution < -0.4 is 5.73 Å². The average Bonchev–Trinajstić information content (AvgIpc) is 2.03. The first-order chi connectivity index (χ1) is 5.65. The summed E-state index contributed by atoms with van der Waals surface area (Å²) in [5.74, 6) is -0.479. The highest BCUT2D eigenvalue weighted by atomic mass is 19.1. The van der Waals surface area contributed by atoms with Crippen molar-refractivity contribution in [3.8, 4) is 0 Å². The van der Waals surface area contributed by atoms with Crippen molar-refractivity contribution < 1.29 is 4.39 Å². The van der Waals surface area contributed by atoms with E-state index in [1.165, 1.54) is 12.3 Å². The smallest absolute Gasteiger partial charge is 0.213 e. The molecule has 1 heterocycles. The molecule has 0 saturated heterocycles. The van der Waals surface area contributed by atoms with E-state index in [2.05, 4.69) is 11.6 Å². The summed E-state index contributed by atoms with van der Waals surface area (Å²) >= 11 is 0. The highest BCUT2D eigenvalue weighted by Gasteiger charge is 2.05. The molecule has 0 spiro atoms. The highest BCUT2D eigenvalue weighted by Crippen LogP contribution is 2.15. The van der Waals surface area contributed by atoms with Gasteiger partial charge in [0.2, 0.25) is 5.95 Å². The standard InChI is InChI=1S/C9H11FN2/c1-3-8(11)7-5-12-9(10)4-6(7)2/h3-5,8H,1,11H2,2H3. The Morgan fingerprint density at radius 1 is 1.75 bits per heavy atom. The van der Waals surface area contributed by atoms with E-state index < -0.39 is 5.95 Å². The normalized spacial score (nSPS) is 12.6. The molecule has 1 unspecified atom stereocenters. The van der Waals surface area contributed by atoms with Gasteiger partial charge in [-0.25, -0.2) is 4.98 Å². The molecule has 0 bridgehead atoms. The molecule has 12 heavy (non-hydrogen) atoms. The molecule has 0 radical (unpaired) electrons. The summed E-state index contributed by atoms with van der Waals surface area (Å²) in [6, 6.07) is 1.09. The van der Waals surface area contributed by atoms with Crippen molar-refractivity contribution in [2.24, 2.45) is 5.73 Å². The lowest BCUT2D eigenvalue weighted by Gasteiger charge is -2.08. The van der Waals surface area contributed by atoms with Crippen LogP contribution >= 0.6 is 0 Å². The minimum atomic E-state index is -0.479. The molecule has 0 aromatic carbocycles. The van der Waals surface area contributed by atoms with Gasteiger partial charge in [-0.1, -0.05) is 6.08 Å². The molecule has 1 atom stereocenters. The van der Waals surface area contributed by atoms with Gasteiger partial charge in [-0.15, -0.1) is 6.58 Å². The molecule has 0 aliphatic heterocycles. The average molecular weight is 166 g/mol. The summed E-state index contributed by atoms with van der Waals surface area (Å²) in [6.45, 7) is 5.35. The number of aromatic nitrogens is 1. The van der Waals surface area contributed by atoms with Crippen LogP contribution in [0.5, 0.6) is 0 Å². The van der Waals surface area contributed by atoms with Gasteiger partial charge in [0.1, 0.15) is 0 Å². The lowest BCUT2D eigenvalue weighted by Crippen LogP contribution is -2.09. The number of nitrogens with two attached hydrogens (primary N) is 1. The lowest BCUT2D eigenvalue weighted by molar-refractivity contribution is 0.580. The van der Waals surface area contributed by atoms with Crippen LogP contribution in [0.15, 0.2) is 24.9 Å². The number of hydrogen-bond donors (Lipinski definition) is 1. The molecule has 0 fully saturated rings. The van der Waals surface area contributed by atoms with Crippen LogP contribution in [0.3, 0.4) is 0 Å². The molecule has 3 heteroatoms. The van der Waals surface area contributed by atoms with E-state index in [1.54, 1.807) is 13.0 Å². The highest BCUT2D eigenvalue weighted by molar-refractivity contribution is 5.27. The van der Waals surface area contributed by atoms with E-state index in [0.29, 0.717) is 0 Å². The van der Waals surface area contributed by atoms with Crippen LogP contribution in [0, 0.1) is 12.9 Å². The van der Waals surface area contributed by atoms with Gasteiger partial charge >= 0.3 is 0 Å². The zero-order valence-corrected chi connectivity index (χ0v) is 6.92. The monoisotopic (exact) mass is 166 g/mol. The molecule has 1 rings (SSSR count). The number of rotatable bonds is 2. The molecule has 64 valence electrons. The van der Waals surface area contributed by atoms with Crippen molar-refractivity contribution in [1.82, 2.24) is 4.98 Å². The Morgan fingerprint density at radius 3 is 2.92 bits per heavy atom. The van der Waals surface area contributed by atoms with Gasteiger partial charge in [0.05, 0.1) is 0 Å². The van der Waals surface area contributed by atoms with E-state index in [0.717, 1.165) is 11.1 Å². The molecule has 2 N–H and O–H groups in total. The third kappa shape index (κ3) is 1.68. The van der Waals surface area contributed by atoms with Crippen molar-refractivity contribution >= 4 is 0 Å². The maximum absolute atomic E-state index is 12.5. The molecule has 0 aliphatic rings. The first-order valence-electron chi connectivity index (χ1n) is 3.65. The summed E-state index contributed by atoms with van der Waals surface area (Å²) in [7, 11) is 0. The maximum atomic E-state index is 12.5. The van der Waals surface area contributed by atoms with Crippen LogP contribution in [-0.2, 0) is 0 Å². The Hall–Kier alpha value is -1.22. The van der Waals surface area contributed by atoms with E-state index in [9.17, 15) is 4.39 Å². The Labute approximate surface area is 70.9 Å². The summed E-state index contributed by atoms with van der Waals surface area (Å²) in [6.07, 6.45) is 3.04. The van der Waals surface area contributed by atoms with Crippen molar-refractivity contribution in [2.75, 3.05) is 0 Å². The van der Waals surface area contributed by atoms with E-state index >= 15 is 0 Å². The Bertz CT molecular complexity index is 297. The fourth-order valence-corrected chi connectivity index (χ4v) is 1.01. The molecular weight excluding hydrogens is 155 g/mol. The number of halogens is 1. The van der Waals surface area contributed by atoms with Crippen molar-refractivity contribution in [2.45, 2.75) is 13.0 Å². The second-order valence-electron chi connectivity index (χ2n) is 2.63. The second-order valence-corrected chi connectivity index (χ2v) is 2.63. The summed E-state index contributed by atoms with van der Waals surface area (Å²) in [5.41, 5.74) is 7.28. The third-order valence-corrected chi connectivity index (χ3v) is 1.73. The van der Waals surface area contributed by atoms with Crippen LogP contribution in [0.4, 0.5) is 4.39 Å². The Balaban J connectivity index is 3.09. The molecule has 0 aliphatic carbocycles. The van der Waals surface area contributed by atoms with E-state index in [4.69, 9.17) is 5.73 Å². The Morgan fingerprint density at radius 2 is 2.42 bits per heavy atom. The molecule has 2 nitrogen and oxygen atoms in total. The molecule has 1 aromatic heterocycles. The molecular formula is C9H11FN2. The number of pyridine rings is 1. The van der Waals surface area contributed by atoms with Gasteiger partial charge in [-0.3, -0.25) is 0 Å². The van der Waals surface area contributed by atoms with Gasteiger partial charge in [-0.05, 0) is 24.1 Å². The van der Waals surface area contributed by atoms with E-state index in [1.807, 2.05) is 0 Å². The largest absolute Gasteiger partial charge is 0.321 e. The van der Waals surface area contributed by atoms with Crippen molar-refractivity contribution in [3.05, 3.63) is 42.0 Å². The van der Waals surface area contributed by atoms with Crippen LogP contribution in [0.1, 0.15) is 17.2 Å². The fraction of sp³-hybridized carbons (Fsp3) is 0.222. The minimum Gasteiger partial charge on any atom is -0.321 e. The molecule has 0 amide bonds. The SMILES string of the molecule is C=CC(N)c1cnc(F)cc1C. The first kappa shape index (κ1) is 8.87. The first-order valence-corrected chi connectivity index (χ1v) is 3.65. The third-order valence-electron chi connectivity index (χ3n) is 1.73. The predicted molar refractivity (Wildman–Crippen MR) is 46.1 cm³/mol. The second kappa shape index (κ2) is 3.45. The van der Waals surface area contributed by atoms with Gasteiger partial charge in [-0.2, -0.15) is 4.39 Å². The van der Waals surface area contributed by atoms with Crippen LogP contribution in [0.2, 0.25) is 0 Å². The van der Waals surface area contributed by atoms with Gasteiger partial charge in [0.15, 0.2) is 0 Å². The number of hydrogen-bond acceptors (Lipinski definition) is 2. The van der Waals surface area contributed by atoms with Gasteiger partial charge < -0.3 is 5.73 Å². The zero-order chi connectivity index (χ0) is 9.14. The van der Waals surface area contributed by atoms with Crippen molar-refractivity contribution in [1.29, 1.82) is 0 Å². The summed E-state index contributed by atoms with van der Waals surface area (Å²) in [5, 5.41) is 0.